The molecule has 2 rings (SSSR count). The Morgan fingerprint density at radius 2 is 2.10 bits per heavy atom. The summed E-state index contributed by atoms with van der Waals surface area (Å²) in [5, 5.41) is 15.3. The first-order chi connectivity index (χ1) is 9.51. The van der Waals surface area contributed by atoms with E-state index in [4.69, 9.17) is 18.0 Å². The molecule has 0 bridgehead atoms. The second-order valence-electron chi connectivity index (χ2n) is 4.59. The molecule has 102 valence electrons. The van der Waals surface area contributed by atoms with E-state index in [0.29, 0.717) is 17.1 Å². The number of benzene rings is 1. The summed E-state index contributed by atoms with van der Waals surface area (Å²) in [6.07, 6.45) is 0.404. The molecule has 0 saturated carbocycles. The third-order valence-electron chi connectivity index (χ3n) is 2.99. The Hall–Kier alpha value is -2.39. The van der Waals surface area contributed by atoms with E-state index in [1.165, 1.54) is 0 Å². The van der Waals surface area contributed by atoms with Gasteiger partial charge in [0.15, 0.2) is 5.11 Å². The second-order valence-corrected chi connectivity index (χ2v) is 5.00. The van der Waals surface area contributed by atoms with Crippen LogP contribution in [0.25, 0.3) is 0 Å². The van der Waals surface area contributed by atoms with Crippen molar-refractivity contribution in [2.24, 2.45) is 5.73 Å². The number of carbonyl (C=O) groups excluding carboxylic acids is 1. The third-order valence-corrected chi connectivity index (χ3v) is 3.21. The highest BCUT2D eigenvalue weighted by atomic mass is 32.1. The SMILES string of the molecule is CC(=O)Cc1ccc(C2NC(=S)NC(N)=C2C#N)cc1. The van der Waals surface area contributed by atoms with E-state index in [0.717, 1.165) is 11.1 Å². The van der Waals surface area contributed by atoms with E-state index >= 15 is 0 Å². The predicted molar refractivity (Wildman–Crippen MR) is 79.3 cm³/mol. The Morgan fingerprint density at radius 3 is 2.65 bits per heavy atom. The van der Waals surface area contributed by atoms with Gasteiger partial charge in [0.1, 0.15) is 17.7 Å². The number of carbonyl (C=O) groups is 1. The minimum atomic E-state index is -0.361. The van der Waals surface area contributed by atoms with Gasteiger partial charge >= 0.3 is 0 Å². The fourth-order valence-electron chi connectivity index (χ4n) is 2.07. The van der Waals surface area contributed by atoms with Crippen LogP contribution >= 0.6 is 12.2 Å². The second kappa shape index (κ2) is 5.72. The van der Waals surface area contributed by atoms with E-state index < -0.39 is 0 Å². The molecule has 0 aromatic heterocycles. The van der Waals surface area contributed by atoms with E-state index in [1.54, 1.807) is 6.92 Å². The maximum atomic E-state index is 11.1. The Balaban J connectivity index is 2.31. The lowest BCUT2D eigenvalue weighted by Crippen LogP contribution is -2.45. The Bertz CT molecular complexity index is 628. The molecule has 1 heterocycles. The Kier molecular flexibility index (Phi) is 4.01. The van der Waals surface area contributed by atoms with Gasteiger partial charge < -0.3 is 16.4 Å². The van der Waals surface area contributed by atoms with Crippen molar-refractivity contribution in [2.75, 3.05) is 0 Å². The molecular formula is C14H14N4OS. The largest absolute Gasteiger partial charge is 0.384 e. The summed E-state index contributed by atoms with van der Waals surface area (Å²) in [4.78, 5) is 11.1. The van der Waals surface area contributed by atoms with Crippen molar-refractivity contribution in [3.05, 3.63) is 46.8 Å². The highest BCUT2D eigenvalue weighted by molar-refractivity contribution is 7.80. The van der Waals surface area contributed by atoms with Gasteiger partial charge in [0.25, 0.3) is 0 Å². The minimum Gasteiger partial charge on any atom is -0.384 e. The molecule has 20 heavy (non-hydrogen) atoms. The topological polar surface area (TPSA) is 90.9 Å². The van der Waals surface area contributed by atoms with Crippen LogP contribution in [0, 0.1) is 11.3 Å². The first kappa shape index (κ1) is 14.0. The van der Waals surface area contributed by atoms with Crippen molar-refractivity contribution < 1.29 is 4.79 Å². The number of nitrogens with one attached hydrogen (secondary N) is 2. The molecule has 1 unspecified atom stereocenters. The van der Waals surface area contributed by atoms with Gasteiger partial charge in [0.2, 0.25) is 0 Å². The highest BCUT2D eigenvalue weighted by Gasteiger charge is 2.25. The van der Waals surface area contributed by atoms with E-state index in [-0.39, 0.29) is 17.6 Å². The fourth-order valence-corrected chi connectivity index (χ4v) is 2.30. The summed E-state index contributed by atoms with van der Waals surface area (Å²) in [7, 11) is 0. The molecular weight excluding hydrogens is 272 g/mol. The van der Waals surface area contributed by atoms with Gasteiger partial charge in [-0.25, -0.2) is 0 Å². The van der Waals surface area contributed by atoms with Crippen LogP contribution in [0.2, 0.25) is 0 Å². The number of nitrogens with two attached hydrogens (primary N) is 1. The molecule has 1 aromatic carbocycles. The molecule has 0 radical (unpaired) electrons. The molecule has 1 aromatic rings. The van der Waals surface area contributed by atoms with Crippen molar-refractivity contribution in [1.82, 2.24) is 10.6 Å². The third kappa shape index (κ3) is 2.95. The highest BCUT2D eigenvalue weighted by Crippen LogP contribution is 2.24. The van der Waals surface area contributed by atoms with Crippen molar-refractivity contribution in [2.45, 2.75) is 19.4 Å². The molecule has 1 aliphatic heterocycles. The van der Waals surface area contributed by atoms with Gasteiger partial charge in [0, 0.05) is 6.42 Å². The lowest BCUT2D eigenvalue weighted by molar-refractivity contribution is -0.116. The summed E-state index contributed by atoms with van der Waals surface area (Å²) in [6.45, 7) is 1.55. The van der Waals surface area contributed by atoms with Gasteiger partial charge in [-0.3, -0.25) is 4.79 Å². The molecule has 5 nitrogen and oxygen atoms in total. The van der Waals surface area contributed by atoms with Crippen molar-refractivity contribution in [3.8, 4) is 6.07 Å². The maximum Gasteiger partial charge on any atom is 0.172 e. The van der Waals surface area contributed by atoms with E-state index in [2.05, 4.69) is 16.7 Å². The number of nitrogens with zero attached hydrogens (tertiary/aromatic N) is 1. The van der Waals surface area contributed by atoms with Crippen LogP contribution in [0.15, 0.2) is 35.7 Å². The van der Waals surface area contributed by atoms with Crippen molar-refractivity contribution in [1.29, 1.82) is 5.26 Å². The zero-order chi connectivity index (χ0) is 14.7. The summed E-state index contributed by atoms with van der Waals surface area (Å²) in [5.41, 5.74) is 7.99. The lowest BCUT2D eigenvalue weighted by Gasteiger charge is -2.27. The minimum absolute atomic E-state index is 0.112. The molecule has 0 spiro atoms. The number of Topliss-reactive ketones (excluding diaryl/α,β-unsaturated/α-hetero) is 1. The lowest BCUT2D eigenvalue weighted by atomic mass is 9.96. The van der Waals surface area contributed by atoms with Gasteiger partial charge in [-0.2, -0.15) is 5.26 Å². The van der Waals surface area contributed by atoms with Crippen LogP contribution < -0.4 is 16.4 Å². The molecule has 0 aliphatic carbocycles. The first-order valence-corrected chi connectivity index (χ1v) is 6.47. The van der Waals surface area contributed by atoms with E-state index in [1.807, 2.05) is 24.3 Å². The van der Waals surface area contributed by atoms with Crippen LogP contribution in [0.4, 0.5) is 0 Å². The quantitative estimate of drug-likeness (QED) is 0.719. The van der Waals surface area contributed by atoms with Gasteiger partial charge in [-0.1, -0.05) is 24.3 Å². The molecule has 1 atom stereocenters. The normalized spacial score (nSPS) is 18.0. The summed E-state index contributed by atoms with van der Waals surface area (Å²) in [6, 6.07) is 9.20. The summed E-state index contributed by atoms with van der Waals surface area (Å²) >= 11 is 5.05. The van der Waals surface area contributed by atoms with Crippen molar-refractivity contribution in [3.63, 3.8) is 0 Å². The fraction of sp³-hybridized carbons (Fsp3) is 0.214. The van der Waals surface area contributed by atoms with E-state index in [9.17, 15) is 10.1 Å². The number of thiocarbonyl (C=S) groups is 1. The average Bonchev–Trinajstić information content (AvgIpc) is 2.38. The average molecular weight is 286 g/mol. The van der Waals surface area contributed by atoms with Crippen molar-refractivity contribution >= 4 is 23.1 Å². The summed E-state index contributed by atoms with van der Waals surface area (Å²) in [5.74, 6) is 0.384. The number of hydrogen-bond acceptors (Lipinski definition) is 4. The van der Waals surface area contributed by atoms with Gasteiger partial charge in [-0.15, -0.1) is 0 Å². The predicted octanol–water partition coefficient (Wildman–Crippen LogP) is 1.03. The van der Waals surface area contributed by atoms with Gasteiger partial charge in [-0.05, 0) is 30.3 Å². The number of hydrogen-bond donors (Lipinski definition) is 3. The Morgan fingerprint density at radius 1 is 1.45 bits per heavy atom. The van der Waals surface area contributed by atoms with Crippen LogP contribution in [-0.2, 0) is 11.2 Å². The van der Waals surface area contributed by atoms with Crippen LogP contribution in [-0.4, -0.2) is 10.9 Å². The van der Waals surface area contributed by atoms with Gasteiger partial charge in [0.05, 0.1) is 11.6 Å². The van der Waals surface area contributed by atoms with Crippen LogP contribution in [0.1, 0.15) is 24.1 Å². The molecule has 6 heteroatoms. The molecule has 1 aliphatic rings. The van der Waals surface area contributed by atoms with Crippen LogP contribution in [0.5, 0.6) is 0 Å². The first-order valence-electron chi connectivity index (χ1n) is 6.07. The molecule has 0 saturated heterocycles. The Labute approximate surface area is 122 Å². The number of rotatable bonds is 3. The smallest absolute Gasteiger partial charge is 0.172 e. The molecule has 0 amide bonds. The number of nitriles is 1. The molecule has 0 fully saturated rings. The zero-order valence-electron chi connectivity index (χ0n) is 10.9. The molecule has 4 N–H and O–H groups in total. The monoisotopic (exact) mass is 286 g/mol. The maximum absolute atomic E-state index is 11.1. The standard InChI is InChI=1S/C14H14N4OS/c1-8(19)6-9-2-4-10(5-3-9)12-11(7-15)13(16)18-14(20)17-12/h2-5,12H,6,16H2,1H3,(H2,17,18,20). The zero-order valence-corrected chi connectivity index (χ0v) is 11.8. The van der Waals surface area contributed by atoms with Crippen LogP contribution in [0.3, 0.4) is 0 Å². The number of ketones is 1. The summed E-state index contributed by atoms with van der Waals surface area (Å²) < 4.78 is 0.